The van der Waals surface area contributed by atoms with Gasteiger partial charge in [0, 0.05) is 13.2 Å². The van der Waals surface area contributed by atoms with E-state index in [4.69, 9.17) is 14.6 Å². The Bertz CT molecular complexity index is 149. The zero-order valence-corrected chi connectivity index (χ0v) is 9.65. The summed E-state index contributed by atoms with van der Waals surface area (Å²) in [5, 5.41) is 8.65. The summed E-state index contributed by atoms with van der Waals surface area (Å²) < 4.78 is 10.6. The summed E-state index contributed by atoms with van der Waals surface area (Å²) >= 11 is 0. The molecule has 15 heavy (non-hydrogen) atoms. The maximum atomic E-state index is 8.65. The average Bonchev–Trinajstić information content (AvgIpc) is 2.26. The van der Waals surface area contributed by atoms with E-state index in [2.05, 4.69) is 11.9 Å². The molecule has 0 radical (unpaired) electrons. The van der Waals surface area contributed by atoms with Crippen LogP contribution < -0.4 is 0 Å². The predicted octanol–water partition coefficient (Wildman–Crippen LogP) is 0.844. The van der Waals surface area contributed by atoms with E-state index in [1.54, 1.807) is 0 Å². The van der Waals surface area contributed by atoms with Crippen molar-refractivity contribution in [1.29, 1.82) is 0 Å². The van der Waals surface area contributed by atoms with Crippen LogP contribution in [0.5, 0.6) is 0 Å². The molecule has 1 fully saturated rings. The van der Waals surface area contributed by atoms with Crippen molar-refractivity contribution in [1.82, 2.24) is 4.90 Å². The first-order valence-corrected chi connectivity index (χ1v) is 5.81. The van der Waals surface area contributed by atoms with Crippen LogP contribution in [0, 0.1) is 0 Å². The number of ether oxygens (including phenoxy) is 2. The van der Waals surface area contributed by atoms with Gasteiger partial charge in [-0.3, -0.25) is 0 Å². The lowest BCUT2D eigenvalue weighted by Crippen LogP contribution is -2.35. The third-order valence-electron chi connectivity index (χ3n) is 2.68. The molecular weight excluding hydrogens is 194 g/mol. The molecule has 0 aromatic rings. The van der Waals surface area contributed by atoms with Crippen LogP contribution in [0.2, 0.25) is 0 Å². The highest BCUT2D eigenvalue weighted by Gasteiger charge is 2.15. The highest BCUT2D eigenvalue weighted by Crippen LogP contribution is 2.07. The van der Waals surface area contributed by atoms with Gasteiger partial charge < -0.3 is 19.5 Å². The van der Waals surface area contributed by atoms with E-state index in [9.17, 15) is 0 Å². The molecule has 1 aliphatic heterocycles. The summed E-state index contributed by atoms with van der Waals surface area (Å²) in [5.41, 5.74) is 0. The second-order valence-corrected chi connectivity index (χ2v) is 4.15. The van der Waals surface area contributed by atoms with E-state index in [-0.39, 0.29) is 0 Å². The topological polar surface area (TPSA) is 41.9 Å². The minimum Gasteiger partial charge on any atom is -0.396 e. The van der Waals surface area contributed by atoms with Crippen molar-refractivity contribution in [3.63, 3.8) is 0 Å². The second-order valence-electron chi connectivity index (χ2n) is 4.15. The molecule has 1 unspecified atom stereocenters. The fourth-order valence-corrected chi connectivity index (χ4v) is 1.75. The number of rotatable bonds is 7. The first-order chi connectivity index (χ1) is 7.33. The molecule has 1 atom stereocenters. The molecule has 1 rings (SSSR count). The zero-order chi connectivity index (χ0) is 10.9. The smallest absolute Gasteiger partial charge is 0.147 e. The Morgan fingerprint density at radius 1 is 1.33 bits per heavy atom. The quantitative estimate of drug-likeness (QED) is 0.642. The van der Waals surface area contributed by atoms with Gasteiger partial charge in [-0.05, 0) is 39.3 Å². The average molecular weight is 217 g/mol. The molecule has 4 nitrogen and oxygen atoms in total. The third-order valence-corrected chi connectivity index (χ3v) is 2.68. The second kappa shape index (κ2) is 8.05. The van der Waals surface area contributed by atoms with E-state index in [1.165, 1.54) is 0 Å². The number of aliphatic hydroxyl groups is 1. The molecular formula is C11H23NO3. The van der Waals surface area contributed by atoms with E-state index in [0.29, 0.717) is 19.5 Å². The molecule has 0 aromatic heterocycles. The van der Waals surface area contributed by atoms with Crippen molar-refractivity contribution < 1.29 is 14.6 Å². The highest BCUT2D eigenvalue weighted by atomic mass is 16.7. The zero-order valence-electron chi connectivity index (χ0n) is 9.65. The largest absolute Gasteiger partial charge is 0.396 e. The van der Waals surface area contributed by atoms with Crippen LogP contribution >= 0.6 is 0 Å². The van der Waals surface area contributed by atoms with Gasteiger partial charge in [0.15, 0.2) is 0 Å². The van der Waals surface area contributed by atoms with Crippen molar-refractivity contribution in [3.8, 4) is 0 Å². The molecule has 1 saturated heterocycles. The molecule has 0 aliphatic carbocycles. The van der Waals surface area contributed by atoms with Gasteiger partial charge in [-0.2, -0.15) is 0 Å². The van der Waals surface area contributed by atoms with Crippen molar-refractivity contribution >= 4 is 0 Å². The van der Waals surface area contributed by atoms with Crippen LogP contribution in [-0.4, -0.2) is 56.3 Å². The number of likely N-dealkylation sites (N-methyl/N-ethyl adjacent to an activating group) is 1. The van der Waals surface area contributed by atoms with Crippen LogP contribution in [0.3, 0.4) is 0 Å². The fraction of sp³-hybridized carbons (Fsp3) is 1.00. The van der Waals surface area contributed by atoms with Crippen LogP contribution in [-0.2, 0) is 9.47 Å². The Morgan fingerprint density at radius 3 is 2.87 bits per heavy atom. The Kier molecular flexibility index (Phi) is 6.92. The Balaban J connectivity index is 1.98. The highest BCUT2D eigenvalue weighted by molar-refractivity contribution is 4.65. The van der Waals surface area contributed by atoms with E-state index >= 15 is 0 Å². The Hall–Kier alpha value is -0.160. The minimum absolute atomic E-state index is 0.312. The number of hydrogen-bond donors (Lipinski definition) is 1. The molecule has 1 heterocycles. The lowest BCUT2D eigenvalue weighted by atomic mass is 10.2. The summed E-state index contributed by atoms with van der Waals surface area (Å²) in [4.78, 5) is 2.30. The molecule has 4 heteroatoms. The van der Waals surface area contributed by atoms with Gasteiger partial charge >= 0.3 is 0 Å². The standard InChI is InChI=1S/C11H23NO3/c1-12(6-3-2-4-7-13)9-11-5-8-14-10-15-11/h11,13H,2-10H2,1H3. The summed E-state index contributed by atoms with van der Waals surface area (Å²) in [6.45, 7) is 3.65. The molecule has 90 valence electrons. The minimum atomic E-state index is 0.312. The van der Waals surface area contributed by atoms with Crippen molar-refractivity contribution in [2.75, 3.05) is 40.1 Å². The van der Waals surface area contributed by atoms with Gasteiger partial charge in [0.2, 0.25) is 0 Å². The normalized spacial score (nSPS) is 22.2. The molecule has 0 aromatic carbocycles. The van der Waals surface area contributed by atoms with Gasteiger partial charge in [-0.25, -0.2) is 0 Å². The fourth-order valence-electron chi connectivity index (χ4n) is 1.75. The van der Waals surface area contributed by atoms with Crippen molar-refractivity contribution in [2.24, 2.45) is 0 Å². The summed E-state index contributed by atoms with van der Waals surface area (Å²) in [7, 11) is 2.12. The predicted molar refractivity (Wildman–Crippen MR) is 58.7 cm³/mol. The van der Waals surface area contributed by atoms with E-state index in [0.717, 1.165) is 45.4 Å². The van der Waals surface area contributed by atoms with Crippen molar-refractivity contribution in [2.45, 2.75) is 31.8 Å². The van der Waals surface area contributed by atoms with Crippen LogP contribution in [0.1, 0.15) is 25.7 Å². The maximum Gasteiger partial charge on any atom is 0.147 e. The molecule has 0 bridgehead atoms. The number of aliphatic hydroxyl groups excluding tert-OH is 1. The van der Waals surface area contributed by atoms with Gasteiger partial charge in [-0.15, -0.1) is 0 Å². The van der Waals surface area contributed by atoms with Crippen LogP contribution in [0.15, 0.2) is 0 Å². The number of hydrogen-bond acceptors (Lipinski definition) is 4. The summed E-state index contributed by atoms with van der Waals surface area (Å²) in [6, 6.07) is 0. The summed E-state index contributed by atoms with van der Waals surface area (Å²) in [5.74, 6) is 0. The van der Waals surface area contributed by atoms with Crippen molar-refractivity contribution in [3.05, 3.63) is 0 Å². The maximum absolute atomic E-state index is 8.65. The monoisotopic (exact) mass is 217 g/mol. The lowest BCUT2D eigenvalue weighted by molar-refractivity contribution is -0.143. The van der Waals surface area contributed by atoms with Gasteiger partial charge in [0.25, 0.3) is 0 Å². The van der Waals surface area contributed by atoms with Gasteiger partial charge in [0.05, 0.1) is 12.7 Å². The third kappa shape index (κ3) is 6.10. The van der Waals surface area contributed by atoms with E-state index < -0.39 is 0 Å². The van der Waals surface area contributed by atoms with Crippen LogP contribution in [0.4, 0.5) is 0 Å². The number of unbranched alkanes of at least 4 members (excludes halogenated alkanes) is 2. The van der Waals surface area contributed by atoms with Gasteiger partial charge in [-0.1, -0.05) is 0 Å². The van der Waals surface area contributed by atoms with E-state index in [1.807, 2.05) is 0 Å². The molecule has 1 N–H and O–H groups in total. The Morgan fingerprint density at radius 2 is 2.20 bits per heavy atom. The van der Waals surface area contributed by atoms with Crippen LogP contribution in [0.25, 0.3) is 0 Å². The molecule has 0 saturated carbocycles. The summed E-state index contributed by atoms with van der Waals surface area (Å²) in [6.07, 6.45) is 4.51. The van der Waals surface area contributed by atoms with Gasteiger partial charge in [0.1, 0.15) is 6.79 Å². The molecule has 1 aliphatic rings. The first kappa shape index (κ1) is 12.9. The Labute approximate surface area is 92.2 Å². The molecule has 0 amide bonds. The number of nitrogens with zero attached hydrogens (tertiary/aromatic N) is 1. The first-order valence-electron chi connectivity index (χ1n) is 5.81. The lowest BCUT2D eigenvalue weighted by Gasteiger charge is -2.27. The molecule has 0 spiro atoms. The SMILES string of the molecule is CN(CCCCCO)CC1CCOCO1.